The lowest BCUT2D eigenvalue weighted by Gasteiger charge is -2.23. The molecule has 0 saturated carbocycles. The molecule has 0 aliphatic carbocycles. The number of amides is 1. The SMILES string of the molecule is CCc1ccc(C(=O)CCC(=O)N(C)C2CCS(=O)(=O)C2)cc1. The van der Waals surface area contributed by atoms with Crippen LogP contribution < -0.4 is 0 Å². The van der Waals surface area contributed by atoms with Crippen LogP contribution in [0.2, 0.25) is 0 Å². The van der Waals surface area contributed by atoms with E-state index in [1.54, 1.807) is 19.2 Å². The monoisotopic (exact) mass is 337 g/mol. The molecule has 1 fully saturated rings. The molecular weight excluding hydrogens is 314 g/mol. The number of rotatable bonds is 6. The van der Waals surface area contributed by atoms with Crippen molar-refractivity contribution in [1.29, 1.82) is 0 Å². The molecule has 2 rings (SSSR count). The molecule has 126 valence electrons. The number of aryl methyl sites for hydroxylation is 1. The normalized spacial score (nSPS) is 19.5. The van der Waals surface area contributed by atoms with Crippen molar-refractivity contribution in [1.82, 2.24) is 4.90 Å². The molecule has 1 amide bonds. The van der Waals surface area contributed by atoms with Gasteiger partial charge in [0.1, 0.15) is 0 Å². The molecule has 1 aromatic carbocycles. The summed E-state index contributed by atoms with van der Waals surface area (Å²) >= 11 is 0. The van der Waals surface area contributed by atoms with Crippen LogP contribution >= 0.6 is 0 Å². The van der Waals surface area contributed by atoms with Gasteiger partial charge in [-0.05, 0) is 18.4 Å². The van der Waals surface area contributed by atoms with Crippen molar-refractivity contribution in [3.63, 3.8) is 0 Å². The first-order valence-corrected chi connectivity index (χ1v) is 9.72. The third-order valence-corrected chi connectivity index (χ3v) is 6.15. The molecule has 0 aromatic heterocycles. The Labute approximate surface area is 137 Å². The van der Waals surface area contributed by atoms with Crippen molar-refractivity contribution in [2.75, 3.05) is 18.6 Å². The smallest absolute Gasteiger partial charge is 0.223 e. The van der Waals surface area contributed by atoms with E-state index in [1.807, 2.05) is 12.1 Å². The van der Waals surface area contributed by atoms with Crippen LogP contribution in [0.1, 0.15) is 42.1 Å². The van der Waals surface area contributed by atoms with Gasteiger partial charge in [-0.25, -0.2) is 8.42 Å². The summed E-state index contributed by atoms with van der Waals surface area (Å²) in [6.07, 6.45) is 1.66. The van der Waals surface area contributed by atoms with Gasteiger partial charge in [0.25, 0.3) is 0 Å². The number of ketones is 1. The minimum atomic E-state index is -3.02. The van der Waals surface area contributed by atoms with E-state index in [9.17, 15) is 18.0 Å². The summed E-state index contributed by atoms with van der Waals surface area (Å²) in [6, 6.07) is 7.17. The largest absolute Gasteiger partial charge is 0.342 e. The van der Waals surface area contributed by atoms with Crippen LogP contribution in [0.25, 0.3) is 0 Å². The minimum Gasteiger partial charge on any atom is -0.342 e. The van der Waals surface area contributed by atoms with Crippen LogP contribution in [-0.4, -0.2) is 49.6 Å². The fraction of sp³-hybridized carbons (Fsp3) is 0.529. The second-order valence-corrected chi connectivity index (χ2v) is 8.26. The Balaban J connectivity index is 1.86. The van der Waals surface area contributed by atoms with Crippen molar-refractivity contribution in [3.8, 4) is 0 Å². The summed E-state index contributed by atoms with van der Waals surface area (Å²) in [7, 11) is -1.40. The first-order valence-electron chi connectivity index (χ1n) is 7.90. The topological polar surface area (TPSA) is 71.5 Å². The Kier molecular flexibility index (Phi) is 5.57. The number of Topliss-reactive ketones (excluding diaryl/α,β-unsaturated/α-hetero) is 1. The van der Waals surface area contributed by atoms with Gasteiger partial charge in [0.2, 0.25) is 5.91 Å². The highest BCUT2D eigenvalue weighted by Gasteiger charge is 2.32. The predicted octanol–water partition coefficient (Wildman–Crippen LogP) is 1.86. The maximum Gasteiger partial charge on any atom is 0.223 e. The molecule has 1 atom stereocenters. The van der Waals surface area contributed by atoms with Gasteiger partial charge in [-0.3, -0.25) is 9.59 Å². The van der Waals surface area contributed by atoms with Crippen LogP contribution in [0, 0.1) is 0 Å². The lowest BCUT2D eigenvalue weighted by atomic mass is 10.0. The number of hydrogen-bond acceptors (Lipinski definition) is 4. The molecule has 0 bridgehead atoms. The van der Waals surface area contributed by atoms with E-state index in [0.29, 0.717) is 12.0 Å². The summed E-state index contributed by atoms with van der Waals surface area (Å²) in [6.45, 7) is 2.05. The molecule has 1 saturated heterocycles. The van der Waals surface area contributed by atoms with Crippen LogP contribution in [0.4, 0.5) is 0 Å². The van der Waals surface area contributed by atoms with Crippen molar-refractivity contribution >= 4 is 21.5 Å². The number of hydrogen-bond donors (Lipinski definition) is 0. The van der Waals surface area contributed by atoms with Crippen molar-refractivity contribution in [3.05, 3.63) is 35.4 Å². The Hall–Kier alpha value is -1.69. The van der Waals surface area contributed by atoms with Gasteiger partial charge in [0, 0.05) is 31.5 Å². The van der Waals surface area contributed by atoms with Crippen LogP contribution in [0.3, 0.4) is 0 Å². The molecule has 0 N–H and O–H groups in total. The lowest BCUT2D eigenvalue weighted by molar-refractivity contribution is -0.131. The molecule has 1 unspecified atom stereocenters. The molecule has 0 spiro atoms. The molecule has 5 nitrogen and oxygen atoms in total. The zero-order chi connectivity index (χ0) is 17.0. The number of benzene rings is 1. The van der Waals surface area contributed by atoms with E-state index >= 15 is 0 Å². The molecular formula is C17H23NO4S. The maximum absolute atomic E-state index is 12.2. The summed E-state index contributed by atoms with van der Waals surface area (Å²) < 4.78 is 23.0. The lowest BCUT2D eigenvalue weighted by Crippen LogP contribution is -2.37. The zero-order valence-electron chi connectivity index (χ0n) is 13.6. The second-order valence-electron chi connectivity index (χ2n) is 6.04. The summed E-state index contributed by atoms with van der Waals surface area (Å²) in [5.41, 5.74) is 1.78. The third kappa shape index (κ3) is 4.64. The van der Waals surface area contributed by atoms with Gasteiger partial charge in [-0.1, -0.05) is 31.2 Å². The highest BCUT2D eigenvalue weighted by Crippen LogP contribution is 2.18. The molecule has 23 heavy (non-hydrogen) atoms. The number of sulfone groups is 1. The molecule has 6 heteroatoms. The summed E-state index contributed by atoms with van der Waals surface area (Å²) in [4.78, 5) is 25.8. The second kappa shape index (κ2) is 7.25. The zero-order valence-corrected chi connectivity index (χ0v) is 14.4. The van der Waals surface area contributed by atoms with Crippen LogP contribution in [-0.2, 0) is 21.1 Å². The fourth-order valence-electron chi connectivity index (χ4n) is 2.75. The molecule has 0 radical (unpaired) electrons. The number of carbonyl (C=O) groups excluding carboxylic acids is 2. The van der Waals surface area contributed by atoms with Gasteiger partial charge < -0.3 is 4.90 Å². The highest BCUT2D eigenvalue weighted by molar-refractivity contribution is 7.91. The quantitative estimate of drug-likeness (QED) is 0.743. The highest BCUT2D eigenvalue weighted by atomic mass is 32.2. The van der Waals surface area contributed by atoms with Gasteiger partial charge in [-0.15, -0.1) is 0 Å². The Morgan fingerprint density at radius 1 is 1.17 bits per heavy atom. The molecule has 1 aliphatic heterocycles. The van der Waals surface area contributed by atoms with Crippen LogP contribution in [0.15, 0.2) is 24.3 Å². The average molecular weight is 337 g/mol. The van der Waals surface area contributed by atoms with E-state index in [2.05, 4.69) is 6.92 Å². The number of carbonyl (C=O) groups is 2. The average Bonchev–Trinajstić information content (AvgIpc) is 2.91. The van der Waals surface area contributed by atoms with E-state index in [1.165, 1.54) is 10.5 Å². The Bertz CT molecular complexity index is 679. The molecule has 1 aliphatic rings. The van der Waals surface area contributed by atoms with Crippen molar-refractivity contribution < 1.29 is 18.0 Å². The van der Waals surface area contributed by atoms with Gasteiger partial charge in [0.15, 0.2) is 15.6 Å². The first-order chi connectivity index (χ1) is 10.8. The summed E-state index contributed by atoms with van der Waals surface area (Å²) in [5.74, 6) is -0.0706. The van der Waals surface area contributed by atoms with Crippen molar-refractivity contribution in [2.45, 2.75) is 38.6 Å². The number of nitrogens with zero attached hydrogens (tertiary/aromatic N) is 1. The van der Waals surface area contributed by atoms with Gasteiger partial charge in [-0.2, -0.15) is 0 Å². The van der Waals surface area contributed by atoms with E-state index in [0.717, 1.165) is 6.42 Å². The van der Waals surface area contributed by atoms with E-state index < -0.39 is 9.84 Å². The Morgan fingerprint density at radius 3 is 2.35 bits per heavy atom. The summed E-state index contributed by atoms with van der Waals surface area (Å²) in [5, 5.41) is 0. The first kappa shape index (κ1) is 17.7. The van der Waals surface area contributed by atoms with Crippen LogP contribution in [0.5, 0.6) is 0 Å². The fourth-order valence-corrected chi connectivity index (χ4v) is 4.53. The minimum absolute atomic E-state index is 0.0294. The predicted molar refractivity (Wildman–Crippen MR) is 89.2 cm³/mol. The molecule has 1 aromatic rings. The third-order valence-electron chi connectivity index (χ3n) is 4.40. The Morgan fingerprint density at radius 2 is 1.83 bits per heavy atom. The van der Waals surface area contributed by atoms with Gasteiger partial charge >= 0.3 is 0 Å². The van der Waals surface area contributed by atoms with E-state index in [4.69, 9.17) is 0 Å². The standard InChI is InChI=1S/C17H23NO4S/c1-3-13-4-6-14(7-5-13)16(19)8-9-17(20)18(2)15-10-11-23(21,22)12-15/h4-7,15H,3,8-12H2,1-2H3. The van der Waals surface area contributed by atoms with Gasteiger partial charge in [0.05, 0.1) is 11.5 Å². The van der Waals surface area contributed by atoms with Crippen molar-refractivity contribution in [2.24, 2.45) is 0 Å². The van der Waals surface area contributed by atoms with E-state index in [-0.39, 0.29) is 42.1 Å². The maximum atomic E-state index is 12.2. The molecule has 1 heterocycles.